The van der Waals surface area contributed by atoms with E-state index in [2.05, 4.69) is 284 Å². The van der Waals surface area contributed by atoms with Crippen LogP contribution < -0.4 is 4.90 Å². The summed E-state index contributed by atoms with van der Waals surface area (Å²) in [7, 11) is 0. The van der Waals surface area contributed by atoms with Gasteiger partial charge in [0.15, 0.2) is 0 Å². The molecule has 0 amide bonds. The molecule has 13 aromatic carbocycles. The normalized spacial score (nSPS) is 11.5. The summed E-state index contributed by atoms with van der Waals surface area (Å²) in [5, 5.41) is 9.69. The molecule has 0 saturated heterocycles. The van der Waals surface area contributed by atoms with E-state index in [1.165, 1.54) is 71.3 Å². The van der Waals surface area contributed by atoms with Gasteiger partial charge >= 0.3 is 0 Å². The minimum absolute atomic E-state index is 0.891. The molecular weight excluding hydrogens is 895 g/mol. The number of fused-ring (bicyclic) bond motifs is 7. The highest BCUT2D eigenvalue weighted by Gasteiger charge is 2.21. The molecule has 0 saturated carbocycles. The van der Waals surface area contributed by atoms with Gasteiger partial charge in [-0.2, -0.15) is 0 Å². The largest absolute Gasteiger partial charge is 0.455 e. The van der Waals surface area contributed by atoms with Crippen molar-refractivity contribution < 1.29 is 4.42 Å². The van der Waals surface area contributed by atoms with Crippen LogP contribution in [0.4, 0.5) is 17.1 Å². The molecule has 346 valence electrons. The maximum atomic E-state index is 6.59. The summed E-state index contributed by atoms with van der Waals surface area (Å²) in [6.45, 7) is 0. The zero-order valence-electron chi connectivity index (χ0n) is 40.5. The number of furan rings is 1. The number of para-hydroxylation sites is 2. The van der Waals surface area contributed by atoms with E-state index in [9.17, 15) is 0 Å². The van der Waals surface area contributed by atoms with Crippen LogP contribution in [0.25, 0.3) is 121 Å². The molecule has 0 spiro atoms. The van der Waals surface area contributed by atoms with E-state index < -0.39 is 0 Å². The molecule has 1 heterocycles. The summed E-state index contributed by atoms with van der Waals surface area (Å²) in [6.07, 6.45) is 0. The van der Waals surface area contributed by atoms with Crippen molar-refractivity contribution in [3.8, 4) is 66.8 Å². The Labute approximate surface area is 430 Å². The monoisotopic (exact) mass is 941 g/mol. The van der Waals surface area contributed by atoms with Crippen LogP contribution in [0.15, 0.2) is 290 Å². The van der Waals surface area contributed by atoms with Gasteiger partial charge in [-0.1, -0.05) is 231 Å². The van der Waals surface area contributed by atoms with Crippen molar-refractivity contribution in [2.24, 2.45) is 0 Å². The third kappa shape index (κ3) is 7.60. The first kappa shape index (κ1) is 43.1. The van der Waals surface area contributed by atoms with Gasteiger partial charge in [-0.3, -0.25) is 0 Å². The summed E-state index contributed by atoms with van der Waals surface area (Å²) in [6, 6.07) is 103. The van der Waals surface area contributed by atoms with Crippen LogP contribution in [0.2, 0.25) is 0 Å². The van der Waals surface area contributed by atoms with Crippen LogP contribution >= 0.6 is 0 Å². The average Bonchev–Trinajstić information content (AvgIpc) is 3.87. The molecule has 14 rings (SSSR count). The Balaban J connectivity index is 0.899. The smallest absolute Gasteiger partial charge is 0.143 e. The number of rotatable bonds is 9. The Hall–Kier alpha value is -9.76. The third-order valence-corrected chi connectivity index (χ3v) is 14.8. The van der Waals surface area contributed by atoms with Crippen LogP contribution in [-0.2, 0) is 0 Å². The van der Waals surface area contributed by atoms with E-state index in [0.717, 1.165) is 66.8 Å². The number of nitrogens with zero attached hydrogens (tertiary/aromatic N) is 1. The SMILES string of the molecule is c1ccc(-c2c(-c3ccccc3)c3cc(-c4cccc(N(c5ccc(-c6ccc(-c7ccc8ccccc8c7)cc6)cc5)c5cccc(-c6cccc7c6oc6ccccc67)c5)c4)ccc3c3ccccc23)cc1. The molecule has 2 nitrogen and oxygen atoms in total. The first-order chi connectivity index (χ1) is 36.7. The van der Waals surface area contributed by atoms with Crippen LogP contribution in [-0.4, -0.2) is 0 Å². The molecule has 0 aliphatic carbocycles. The predicted octanol–water partition coefficient (Wildman–Crippen LogP) is 20.5. The van der Waals surface area contributed by atoms with Crippen molar-refractivity contribution in [3.05, 3.63) is 285 Å². The summed E-state index contributed by atoms with van der Waals surface area (Å²) < 4.78 is 6.59. The molecule has 14 aromatic rings. The zero-order valence-corrected chi connectivity index (χ0v) is 40.5. The number of hydrogen-bond donors (Lipinski definition) is 0. The van der Waals surface area contributed by atoms with Gasteiger partial charge in [-0.25, -0.2) is 0 Å². The lowest BCUT2D eigenvalue weighted by Gasteiger charge is -2.27. The van der Waals surface area contributed by atoms with E-state index in [-0.39, 0.29) is 0 Å². The van der Waals surface area contributed by atoms with Crippen molar-refractivity contribution in [1.29, 1.82) is 0 Å². The number of benzene rings is 13. The van der Waals surface area contributed by atoms with Gasteiger partial charge in [0.1, 0.15) is 11.2 Å². The van der Waals surface area contributed by atoms with E-state index in [4.69, 9.17) is 4.42 Å². The molecule has 0 bridgehead atoms. The maximum absolute atomic E-state index is 6.59. The van der Waals surface area contributed by atoms with Crippen LogP contribution in [0.3, 0.4) is 0 Å². The Morgan fingerprint density at radius 2 is 0.703 bits per heavy atom. The van der Waals surface area contributed by atoms with Crippen molar-refractivity contribution in [3.63, 3.8) is 0 Å². The molecule has 0 aliphatic rings. The fraction of sp³-hybridized carbons (Fsp3) is 0. The summed E-state index contributed by atoms with van der Waals surface area (Å²) >= 11 is 0. The van der Waals surface area contributed by atoms with Crippen molar-refractivity contribution in [2.45, 2.75) is 0 Å². The second-order valence-electron chi connectivity index (χ2n) is 19.2. The Morgan fingerprint density at radius 3 is 1.43 bits per heavy atom. The predicted molar refractivity (Wildman–Crippen MR) is 314 cm³/mol. The Morgan fingerprint density at radius 1 is 0.230 bits per heavy atom. The minimum atomic E-state index is 0.891. The van der Waals surface area contributed by atoms with Gasteiger partial charge in [-0.15, -0.1) is 0 Å². The summed E-state index contributed by atoms with van der Waals surface area (Å²) in [5.74, 6) is 0. The maximum Gasteiger partial charge on any atom is 0.143 e. The van der Waals surface area contributed by atoms with Gasteiger partial charge in [0.25, 0.3) is 0 Å². The first-order valence-electron chi connectivity index (χ1n) is 25.4. The molecular formula is C72H47NO. The first-order valence-corrected chi connectivity index (χ1v) is 25.4. The lowest BCUT2D eigenvalue weighted by molar-refractivity contribution is 0.670. The van der Waals surface area contributed by atoms with Crippen molar-refractivity contribution in [1.82, 2.24) is 0 Å². The average molecular weight is 942 g/mol. The molecule has 74 heavy (non-hydrogen) atoms. The lowest BCUT2D eigenvalue weighted by Crippen LogP contribution is -2.10. The highest BCUT2D eigenvalue weighted by molar-refractivity contribution is 6.22. The topological polar surface area (TPSA) is 16.4 Å². The molecule has 0 aliphatic heterocycles. The molecule has 0 N–H and O–H groups in total. The quantitative estimate of drug-likeness (QED) is 0.134. The van der Waals surface area contributed by atoms with E-state index in [0.29, 0.717) is 0 Å². The molecule has 2 heteroatoms. The molecule has 0 unspecified atom stereocenters. The van der Waals surface area contributed by atoms with E-state index >= 15 is 0 Å². The van der Waals surface area contributed by atoms with Crippen molar-refractivity contribution >= 4 is 71.3 Å². The minimum Gasteiger partial charge on any atom is -0.455 e. The Bertz CT molecular complexity index is 4400. The second-order valence-corrected chi connectivity index (χ2v) is 19.2. The van der Waals surface area contributed by atoms with E-state index in [1.807, 2.05) is 6.07 Å². The van der Waals surface area contributed by atoms with Crippen LogP contribution in [0.1, 0.15) is 0 Å². The van der Waals surface area contributed by atoms with Gasteiger partial charge < -0.3 is 9.32 Å². The molecule has 0 radical (unpaired) electrons. The lowest BCUT2D eigenvalue weighted by atomic mass is 9.84. The fourth-order valence-corrected chi connectivity index (χ4v) is 11.3. The highest BCUT2D eigenvalue weighted by Crippen LogP contribution is 2.47. The van der Waals surface area contributed by atoms with Crippen molar-refractivity contribution in [2.75, 3.05) is 4.90 Å². The molecule has 1 aromatic heterocycles. The van der Waals surface area contributed by atoms with E-state index in [1.54, 1.807) is 0 Å². The highest BCUT2D eigenvalue weighted by atomic mass is 16.3. The van der Waals surface area contributed by atoms with Gasteiger partial charge in [0.2, 0.25) is 0 Å². The fourth-order valence-electron chi connectivity index (χ4n) is 11.3. The molecule has 0 atom stereocenters. The van der Waals surface area contributed by atoms with Crippen LogP contribution in [0.5, 0.6) is 0 Å². The molecule has 0 fully saturated rings. The Kier molecular flexibility index (Phi) is 10.6. The summed E-state index contributed by atoms with van der Waals surface area (Å²) in [5.41, 5.74) is 19.0. The van der Waals surface area contributed by atoms with Gasteiger partial charge in [-0.05, 0) is 148 Å². The second kappa shape index (κ2) is 18.1. The standard InChI is InChI=1S/C72H47NO/c1-3-17-52(18-4-1)70-66-28-10-9-26-63(66)64-43-40-57(47-68(64)71(70)53-19-5-2-6-20-53)55-22-13-24-60(45-55)73(61-25-14-23-58(46-61)62-29-15-30-67-65-27-11-12-31-69(65)74-72(62)67)59-41-38-50(39-42-59)49-32-34-51(35-33-49)56-37-36-48-16-7-8-21-54(48)44-56/h1-47H. The third-order valence-electron chi connectivity index (χ3n) is 14.8. The number of hydrogen-bond acceptors (Lipinski definition) is 2. The van der Waals surface area contributed by atoms with Crippen LogP contribution in [0, 0.1) is 0 Å². The number of anilines is 3. The van der Waals surface area contributed by atoms with Gasteiger partial charge in [0, 0.05) is 33.4 Å². The zero-order chi connectivity index (χ0) is 49.0. The van der Waals surface area contributed by atoms with Gasteiger partial charge in [0.05, 0.1) is 0 Å². The summed E-state index contributed by atoms with van der Waals surface area (Å²) in [4.78, 5) is 2.38.